The lowest BCUT2D eigenvalue weighted by Crippen LogP contribution is -2.05. The van der Waals surface area contributed by atoms with Crippen LogP contribution in [0.15, 0.2) is 54.6 Å². The van der Waals surface area contributed by atoms with Crippen molar-refractivity contribution in [2.75, 3.05) is 7.11 Å². The quantitative estimate of drug-likeness (QED) is 0.590. The topological polar surface area (TPSA) is 44.8 Å². The third-order valence-electron chi connectivity index (χ3n) is 3.22. The van der Waals surface area contributed by atoms with Gasteiger partial charge in [0.25, 0.3) is 0 Å². The van der Waals surface area contributed by atoms with Gasteiger partial charge >= 0.3 is 7.60 Å². The molecule has 0 heterocycles. The lowest BCUT2D eigenvalue weighted by molar-refractivity contribution is 0.346. The van der Waals surface area contributed by atoms with E-state index in [9.17, 15) is 4.57 Å². The zero-order chi connectivity index (χ0) is 16.7. The highest BCUT2D eigenvalue weighted by Gasteiger charge is 2.41. The summed E-state index contributed by atoms with van der Waals surface area (Å²) >= 11 is 0. The van der Waals surface area contributed by atoms with Crippen LogP contribution in [-0.4, -0.2) is 7.11 Å². The Balaban J connectivity index is 2.58. The van der Waals surface area contributed by atoms with Crippen LogP contribution in [0.3, 0.4) is 0 Å². The Bertz CT molecular complexity index is 749. The van der Waals surface area contributed by atoms with Gasteiger partial charge in [0.1, 0.15) is 23.6 Å². The van der Waals surface area contributed by atoms with Crippen molar-refractivity contribution in [3.05, 3.63) is 65.7 Å². The molecule has 0 aliphatic rings. The van der Waals surface area contributed by atoms with Crippen molar-refractivity contribution in [1.29, 1.82) is 0 Å². The lowest BCUT2D eigenvalue weighted by atomic mass is 10.0. The largest absolute Gasteiger partial charge is 0.497 e. The molecule has 0 saturated carbocycles. The maximum Gasteiger partial charge on any atom is 0.458 e. The molecular formula is C18H15O4P. The van der Waals surface area contributed by atoms with Gasteiger partial charge in [-0.1, -0.05) is 55.3 Å². The summed E-state index contributed by atoms with van der Waals surface area (Å²) in [6.45, 7) is 0. The fraction of sp³-hybridized carbons (Fsp3) is 0.111. The van der Waals surface area contributed by atoms with E-state index in [4.69, 9.17) is 26.6 Å². The minimum atomic E-state index is -3.81. The Morgan fingerprint density at radius 3 is 1.91 bits per heavy atom. The van der Waals surface area contributed by atoms with Crippen LogP contribution in [0, 0.1) is 25.1 Å². The average Bonchev–Trinajstić information content (AvgIpc) is 2.57. The molecule has 0 amide bonds. The van der Waals surface area contributed by atoms with Crippen LogP contribution < -0.4 is 4.74 Å². The van der Waals surface area contributed by atoms with Crippen molar-refractivity contribution >= 4 is 7.60 Å². The zero-order valence-corrected chi connectivity index (χ0v) is 13.4. The molecule has 0 radical (unpaired) electrons. The molecule has 5 heteroatoms. The minimum absolute atomic E-state index is 0.672. The van der Waals surface area contributed by atoms with Crippen molar-refractivity contribution in [1.82, 2.24) is 0 Å². The molecule has 0 aliphatic carbocycles. The standard InChI is InChI=1S/C18H15O4P/c1-4-21-23(19,22-5-2)18(15-9-7-6-8-10-15)16-11-13-17(20-3)14-12-16/h1-2,6-14,18H,3H3. The highest BCUT2D eigenvalue weighted by molar-refractivity contribution is 7.54. The fourth-order valence-electron chi connectivity index (χ4n) is 2.25. The summed E-state index contributed by atoms with van der Waals surface area (Å²) in [6.07, 6.45) is 14.2. The number of ether oxygens (including phenoxy) is 1. The van der Waals surface area contributed by atoms with Crippen LogP contribution in [-0.2, 0) is 13.6 Å². The van der Waals surface area contributed by atoms with Gasteiger partial charge in [-0.25, -0.2) is 4.57 Å². The molecule has 1 unspecified atom stereocenters. The van der Waals surface area contributed by atoms with Gasteiger partial charge in [-0.3, -0.25) is 0 Å². The second-order valence-electron chi connectivity index (χ2n) is 4.54. The number of hydrogen-bond donors (Lipinski definition) is 0. The van der Waals surface area contributed by atoms with Crippen molar-refractivity contribution in [3.63, 3.8) is 0 Å². The fourth-order valence-corrected chi connectivity index (χ4v) is 3.87. The minimum Gasteiger partial charge on any atom is -0.497 e. The first-order valence-corrected chi connectivity index (χ1v) is 8.33. The summed E-state index contributed by atoms with van der Waals surface area (Å²) in [7, 11) is -2.24. The maximum absolute atomic E-state index is 13.1. The van der Waals surface area contributed by atoms with Crippen molar-refractivity contribution in [3.8, 4) is 30.8 Å². The van der Waals surface area contributed by atoms with Crippen molar-refractivity contribution in [2.45, 2.75) is 5.66 Å². The van der Waals surface area contributed by atoms with E-state index < -0.39 is 13.3 Å². The van der Waals surface area contributed by atoms with Gasteiger partial charge in [0, 0.05) is 0 Å². The second-order valence-corrected chi connectivity index (χ2v) is 6.51. The van der Waals surface area contributed by atoms with Gasteiger partial charge in [-0.15, -0.1) is 0 Å². The second kappa shape index (κ2) is 7.45. The van der Waals surface area contributed by atoms with E-state index in [2.05, 4.69) is 0 Å². The van der Waals surface area contributed by atoms with Crippen LogP contribution >= 0.6 is 7.60 Å². The molecule has 2 aromatic carbocycles. The first-order chi connectivity index (χ1) is 11.1. The number of rotatable bonds is 6. The predicted molar refractivity (Wildman–Crippen MR) is 88.7 cm³/mol. The van der Waals surface area contributed by atoms with Crippen LogP contribution in [0.5, 0.6) is 5.75 Å². The molecule has 0 fully saturated rings. The number of terminal acetylenes is 2. The summed E-state index contributed by atoms with van der Waals surface area (Å²) in [5.74, 6) is 0.672. The van der Waals surface area contributed by atoms with Crippen LogP contribution in [0.2, 0.25) is 0 Å². The molecule has 0 N–H and O–H groups in total. The van der Waals surface area contributed by atoms with Crippen LogP contribution in [0.25, 0.3) is 0 Å². The molecule has 1 atom stereocenters. The highest BCUT2D eigenvalue weighted by Crippen LogP contribution is 2.63. The monoisotopic (exact) mass is 326 g/mol. The lowest BCUT2D eigenvalue weighted by Gasteiger charge is -2.23. The molecule has 0 spiro atoms. The van der Waals surface area contributed by atoms with E-state index in [1.807, 2.05) is 30.4 Å². The number of methoxy groups -OCH3 is 1. The van der Waals surface area contributed by atoms with Gasteiger partial charge in [-0.2, -0.15) is 0 Å². The van der Waals surface area contributed by atoms with Gasteiger partial charge < -0.3 is 13.8 Å². The molecule has 2 rings (SSSR count). The molecule has 0 saturated heterocycles. The molecule has 2 aromatic rings. The summed E-state index contributed by atoms with van der Waals surface area (Å²) in [5.41, 5.74) is 0.652. The Morgan fingerprint density at radius 2 is 1.43 bits per heavy atom. The van der Waals surface area contributed by atoms with E-state index in [-0.39, 0.29) is 0 Å². The van der Waals surface area contributed by atoms with E-state index >= 15 is 0 Å². The molecule has 116 valence electrons. The first-order valence-electron chi connectivity index (χ1n) is 6.71. The summed E-state index contributed by atoms with van der Waals surface area (Å²) < 4.78 is 28.2. The average molecular weight is 326 g/mol. The summed E-state index contributed by atoms with van der Waals surface area (Å²) in [4.78, 5) is 0. The van der Waals surface area contributed by atoms with Gasteiger partial charge in [0.05, 0.1) is 7.11 Å². The Labute approximate surface area is 135 Å². The van der Waals surface area contributed by atoms with E-state index in [0.717, 1.165) is 0 Å². The van der Waals surface area contributed by atoms with E-state index in [1.165, 1.54) is 0 Å². The Kier molecular flexibility index (Phi) is 5.36. The number of benzene rings is 2. The number of hydrogen-bond acceptors (Lipinski definition) is 4. The van der Waals surface area contributed by atoms with E-state index in [0.29, 0.717) is 16.9 Å². The van der Waals surface area contributed by atoms with Crippen molar-refractivity contribution in [2.24, 2.45) is 0 Å². The smallest absolute Gasteiger partial charge is 0.458 e. The molecule has 23 heavy (non-hydrogen) atoms. The Hall–Kier alpha value is -2.81. The molecule has 0 bridgehead atoms. The first kappa shape index (κ1) is 16.6. The molecule has 0 aromatic heterocycles. The zero-order valence-electron chi connectivity index (χ0n) is 12.5. The van der Waals surface area contributed by atoms with E-state index in [1.54, 1.807) is 43.5 Å². The predicted octanol–water partition coefficient (Wildman–Crippen LogP) is 4.19. The third kappa shape index (κ3) is 3.69. The van der Waals surface area contributed by atoms with Crippen LogP contribution in [0.1, 0.15) is 16.8 Å². The maximum atomic E-state index is 13.1. The molecule has 0 aliphatic heterocycles. The SMILES string of the molecule is C#COP(=O)(OC#C)C(c1ccccc1)c1ccc(OC)cc1. The van der Waals surface area contributed by atoms with Gasteiger partial charge in [0.2, 0.25) is 0 Å². The molecular weight excluding hydrogens is 311 g/mol. The Morgan fingerprint density at radius 1 is 0.913 bits per heavy atom. The summed E-state index contributed by atoms with van der Waals surface area (Å²) in [6, 6.07) is 16.1. The normalized spacial score (nSPS) is 11.6. The van der Waals surface area contributed by atoms with Crippen molar-refractivity contribution < 1.29 is 18.3 Å². The van der Waals surface area contributed by atoms with Gasteiger partial charge in [-0.05, 0) is 23.3 Å². The summed E-state index contributed by atoms with van der Waals surface area (Å²) in [5, 5.41) is 0. The highest BCUT2D eigenvalue weighted by atomic mass is 31.2. The van der Waals surface area contributed by atoms with Crippen LogP contribution in [0.4, 0.5) is 0 Å². The third-order valence-corrected chi connectivity index (χ3v) is 5.17. The van der Waals surface area contributed by atoms with Gasteiger partial charge in [0.15, 0.2) is 0 Å². The molecule has 4 nitrogen and oxygen atoms in total.